The zero-order chi connectivity index (χ0) is 13.6. The summed E-state index contributed by atoms with van der Waals surface area (Å²) in [6.45, 7) is 11.7. The normalized spacial score (nSPS) is 14.1. The number of nitrogens with zero attached hydrogens (tertiary/aromatic N) is 2. The van der Waals surface area contributed by atoms with E-state index in [4.69, 9.17) is 0 Å². The molecule has 0 N–H and O–H groups in total. The first-order valence-corrected chi connectivity index (χ1v) is 7.58. The van der Waals surface area contributed by atoms with Gasteiger partial charge in [0.15, 0.2) is 0 Å². The highest BCUT2D eigenvalue weighted by Gasteiger charge is 2.33. The molecule has 1 aromatic rings. The lowest BCUT2D eigenvalue weighted by Gasteiger charge is -2.39. The minimum Gasteiger partial charge on any atom is -0.334 e. The lowest BCUT2D eigenvalue weighted by Crippen LogP contribution is -2.30. The molecule has 1 heterocycles. The molecule has 0 spiro atoms. The summed E-state index contributed by atoms with van der Waals surface area (Å²) in [4.78, 5) is 4.25. The standard InChI is InChI=1S/C16H30N2/c1-6-14(7-2)12-15(16(5,8-3)9-4)18-11-10-17-13-18/h10-11,13-15H,6-9,12H2,1-5H3. The Kier molecular flexibility index (Phi) is 5.90. The van der Waals surface area contributed by atoms with Crippen LogP contribution in [-0.2, 0) is 0 Å². The maximum atomic E-state index is 4.25. The van der Waals surface area contributed by atoms with E-state index in [1.807, 2.05) is 12.5 Å². The quantitative estimate of drug-likeness (QED) is 0.629. The molecule has 0 aromatic carbocycles. The topological polar surface area (TPSA) is 17.8 Å². The first kappa shape index (κ1) is 15.3. The van der Waals surface area contributed by atoms with Gasteiger partial charge in [-0.25, -0.2) is 4.98 Å². The van der Waals surface area contributed by atoms with E-state index < -0.39 is 0 Å². The van der Waals surface area contributed by atoms with Crippen LogP contribution in [0.3, 0.4) is 0 Å². The maximum absolute atomic E-state index is 4.25. The van der Waals surface area contributed by atoms with Crippen LogP contribution in [-0.4, -0.2) is 9.55 Å². The second-order valence-electron chi connectivity index (χ2n) is 5.81. The Hall–Kier alpha value is -0.790. The average Bonchev–Trinajstić information content (AvgIpc) is 2.93. The van der Waals surface area contributed by atoms with E-state index in [0.29, 0.717) is 11.5 Å². The molecule has 1 rings (SSSR count). The monoisotopic (exact) mass is 250 g/mol. The van der Waals surface area contributed by atoms with Crippen molar-refractivity contribution >= 4 is 0 Å². The summed E-state index contributed by atoms with van der Waals surface area (Å²) in [7, 11) is 0. The van der Waals surface area contributed by atoms with Crippen molar-refractivity contribution < 1.29 is 0 Å². The molecular weight excluding hydrogens is 220 g/mol. The number of imidazole rings is 1. The Labute approximate surface area is 113 Å². The third-order valence-corrected chi connectivity index (χ3v) is 5.02. The highest BCUT2D eigenvalue weighted by Crippen LogP contribution is 2.42. The van der Waals surface area contributed by atoms with Crippen LogP contribution in [0.4, 0.5) is 0 Å². The molecule has 0 fully saturated rings. The van der Waals surface area contributed by atoms with Crippen molar-refractivity contribution in [3.8, 4) is 0 Å². The van der Waals surface area contributed by atoms with E-state index in [1.165, 1.54) is 32.1 Å². The first-order valence-electron chi connectivity index (χ1n) is 7.58. The molecule has 0 aliphatic carbocycles. The third kappa shape index (κ3) is 3.37. The summed E-state index contributed by atoms with van der Waals surface area (Å²) in [5, 5.41) is 0. The molecule has 0 aliphatic heterocycles. The Morgan fingerprint density at radius 3 is 2.11 bits per heavy atom. The number of hydrogen-bond donors (Lipinski definition) is 0. The van der Waals surface area contributed by atoms with Crippen LogP contribution in [0.15, 0.2) is 18.7 Å². The van der Waals surface area contributed by atoms with E-state index in [2.05, 4.69) is 50.4 Å². The van der Waals surface area contributed by atoms with Gasteiger partial charge in [-0.1, -0.05) is 47.5 Å². The van der Waals surface area contributed by atoms with Gasteiger partial charge in [0.05, 0.1) is 6.33 Å². The van der Waals surface area contributed by atoms with Gasteiger partial charge in [-0.3, -0.25) is 0 Å². The zero-order valence-corrected chi connectivity index (χ0v) is 12.8. The molecule has 1 unspecified atom stereocenters. The average molecular weight is 250 g/mol. The van der Waals surface area contributed by atoms with Gasteiger partial charge in [-0.05, 0) is 30.6 Å². The van der Waals surface area contributed by atoms with E-state index >= 15 is 0 Å². The van der Waals surface area contributed by atoms with Crippen LogP contribution in [0.5, 0.6) is 0 Å². The maximum Gasteiger partial charge on any atom is 0.0948 e. The van der Waals surface area contributed by atoms with Gasteiger partial charge in [-0.2, -0.15) is 0 Å². The summed E-state index contributed by atoms with van der Waals surface area (Å²) in [6.07, 6.45) is 12.3. The van der Waals surface area contributed by atoms with Crippen molar-refractivity contribution in [1.82, 2.24) is 9.55 Å². The fourth-order valence-electron chi connectivity index (χ4n) is 2.88. The SMILES string of the molecule is CCC(CC)CC(n1ccnc1)C(C)(CC)CC. The van der Waals surface area contributed by atoms with Crippen molar-refractivity contribution in [2.45, 2.75) is 72.8 Å². The molecule has 0 amide bonds. The van der Waals surface area contributed by atoms with E-state index in [0.717, 1.165) is 5.92 Å². The van der Waals surface area contributed by atoms with E-state index in [1.54, 1.807) is 0 Å². The Balaban J connectivity index is 2.95. The number of hydrogen-bond acceptors (Lipinski definition) is 1. The first-order chi connectivity index (χ1) is 8.61. The van der Waals surface area contributed by atoms with Gasteiger partial charge < -0.3 is 4.57 Å². The number of aromatic nitrogens is 2. The Morgan fingerprint density at radius 2 is 1.72 bits per heavy atom. The van der Waals surface area contributed by atoms with Crippen LogP contribution < -0.4 is 0 Å². The van der Waals surface area contributed by atoms with Crippen LogP contribution in [0.1, 0.15) is 72.8 Å². The van der Waals surface area contributed by atoms with Gasteiger partial charge in [0.25, 0.3) is 0 Å². The molecule has 0 radical (unpaired) electrons. The largest absolute Gasteiger partial charge is 0.334 e. The fourth-order valence-corrected chi connectivity index (χ4v) is 2.88. The van der Waals surface area contributed by atoms with Crippen LogP contribution >= 0.6 is 0 Å². The molecule has 0 saturated heterocycles. The zero-order valence-electron chi connectivity index (χ0n) is 12.8. The molecule has 2 nitrogen and oxygen atoms in total. The predicted octanol–water partition coefficient (Wildman–Crippen LogP) is 5.08. The second-order valence-corrected chi connectivity index (χ2v) is 5.81. The minimum atomic E-state index is 0.378. The van der Waals surface area contributed by atoms with Crippen LogP contribution in [0.25, 0.3) is 0 Å². The lowest BCUT2D eigenvalue weighted by molar-refractivity contribution is 0.140. The van der Waals surface area contributed by atoms with Crippen molar-refractivity contribution in [3.05, 3.63) is 18.7 Å². The third-order valence-electron chi connectivity index (χ3n) is 5.02. The van der Waals surface area contributed by atoms with Gasteiger partial charge >= 0.3 is 0 Å². The van der Waals surface area contributed by atoms with Gasteiger partial charge in [0, 0.05) is 18.4 Å². The lowest BCUT2D eigenvalue weighted by atomic mass is 9.73. The molecule has 0 aliphatic rings. The van der Waals surface area contributed by atoms with Crippen molar-refractivity contribution in [2.24, 2.45) is 11.3 Å². The number of rotatable bonds is 8. The van der Waals surface area contributed by atoms with Crippen LogP contribution in [0, 0.1) is 11.3 Å². The summed E-state index contributed by atoms with van der Waals surface area (Å²) < 4.78 is 2.34. The fraction of sp³-hybridized carbons (Fsp3) is 0.812. The molecule has 18 heavy (non-hydrogen) atoms. The molecule has 1 aromatic heterocycles. The highest BCUT2D eigenvalue weighted by molar-refractivity contribution is 4.90. The van der Waals surface area contributed by atoms with Crippen LogP contribution in [0.2, 0.25) is 0 Å². The summed E-state index contributed by atoms with van der Waals surface area (Å²) in [6, 6.07) is 0.583. The summed E-state index contributed by atoms with van der Waals surface area (Å²) in [5.74, 6) is 0.829. The molecule has 1 atom stereocenters. The van der Waals surface area contributed by atoms with Crippen molar-refractivity contribution in [3.63, 3.8) is 0 Å². The second kappa shape index (κ2) is 6.96. The predicted molar refractivity (Wildman–Crippen MR) is 78.6 cm³/mol. The van der Waals surface area contributed by atoms with Gasteiger partial charge in [0.1, 0.15) is 0 Å². The minimum absolute atomic E-state index is 0.378. The highest BCUT2D eigenvalue weighted by atomic mass is 15.1. The Bertz CT molecular complexity index is 308. The summed E-state index contributed by atoms with van der Waals surface area (Å²) in [5.41, 5.74) is 0.378. The summed E-state index contributed by atoms with van der Waals surface area (Å²) >= 11 is 0. The van der Waals surface area contributed by atoms with Crippen molar-refractivity contribution in [2.75, 3.05) is 0 Å². The molecule has 0 saturated carbocycles. The Morgan fingerprint density at radius 1 is 1.11 bits per heavy atom. The molecular formula is C16H30N2. The smallest absolute Gasteiger partial charge is 0.0948 e. The van der Waals surface area contributed by atoms with E-state index in [9.17, 15) is 0 Å². The molecule has 104 valence electrons. The van der Waals surface area contributed by atoms with Gasteiger partial charge in [0.2, 0.25) is 0 Å². The van der Waals surface area contributed by atoms with Crippen molar-refractivity contribution in [1.29, 1.82) is 0 Å². The molecule has 0 bridgehead atoms. The van der Waals surface area contributed by atoms with Gasteiger partial charge in [-0.15, -0.1) is 0 Å². The van der Waals surface area contributed by atoms with E-state index in [-0.39, 0.29) is 0 Å². The molecule has 2 heteroatoms.